The fraction of sp³-hybridized carbons (Fsp3) is 0.750. The number of nitrogens with zero attached hydrogens (tertiary/aromatic N) is 1. The number of hydrogen-bond donors (Lipinski definition) is 3. The van der Waals surface area contributed by atoms with Crippen LogP contribution in [0.4, 0.5) is 0 Å². The van der Waals surface area contributed by atoms with E-state index in [1.807, 2.05) is 4.90 Å². The first-order valence-electron chi connectivity index (χ1n) is 4.59. The molecule has 1 atom stereocenters. The normalized spacial score (nSPS) is 23.1. The molecule has 0 aromatic heterocycles. The fourth-order valence-electron chi connectivity index (χ4n) is 1.52. The molecule has 6 nitrogen and oxygen atoms in total. The Morgan fingerprint density at radius 3 is 2.93 bits per heavy atom. The molecule has 4 N–H and O–H groups in total. The Hall–Kier alpha value is -1.14. The number of nitrogens with two attached hydrogens (primary N) is 1. The summed E-state index contributed by atoms with van der Waals surface area (Å²) in [5.74, 6) is -0.415. The SMILES string of the molecule is CNC(=O)C1CN(CC(N)=O)CCN1. The smallest absolute Gasteiger partial charge is 0.238 e. The van der Waals surface area contributed by atoms with Gasteiger partial charge in [0.25, 0.3) is 0 Å². The molecule has 1 aliphatic rings. The fourth-order valence-corrected chi connectivity index (χ4v) is 1.52. The zero-order chi connectivity index (χ0) is 10.6. The number of rotatable bonds is 3. The Morgan fingerprint density at radius 1 is 1.64 bits per heavy atom. The Kier molecular flexibility index (Phi) is 3.84. The Morgan fingerprint density at radius 2 is 2.36 bits per heavy atom. The summed E-state index contributed by atoms with van der Waals surface area (Å²) in [6.07, 6.45) is 0. The molecule has 14 heavy (non-hydrogen) atoms. The molecular formula is C8H16N4O2. The van der Waals surface area contributed by atoms with Crippen molar-refractivity contribution in [3.05, 3.63) is 0 Å². The summed E-state index contributed by atoms with van der Waals surface area (Å²) in [6.45, 7) is 2.19. The van der Waals surface area contributed by atoms with Crippen molar-refractivity contribution >= 4 is 11.8 Å². The van der Waals surface area contributed by atoms with Crippen LogP contribution in [0.3, 0.4) is 0 Å². The summed E-state index contributed by atoms with van der Waals surface area (Å²) >= 11 is 0. The molecule has 1 fully saturated rings. The van der Waals surface area contributed by atoms with E-state index in [1.165, 1.54) is 0 Å². The average Bonchev–Trinajstić information content (AvgIpc) is 2.16. The summed E-state index contributed by atoms with van der Waals surface area (Å²) in [6, 6.07) is -0.243. The van der Waals surface area contributed by atoms with Crippen molar-refractivity contribution in [1.29, 1.82) is 0 Å². The van der Waals surface area contributed by atoms with Gasteiger partial charge >= 0.3 is 0 Å². The number of carbonyl (C=O) groups is 2. The van der Waals surface area contributed by atoms with Gasteiger partial charge in [-0.15, -0.1) is 0 Å². The van der Waals surface area contributed by atoms with E-state index in [4.69, 9.17) is 5.73 Å². The van der Waals surface area contributed by atoms with Gasteiger partial charge in [0, 0.05) is 26.7 Å². The van der Waals surface area contributed by atoms with E-state index < -0.39 is 0 Å². The van der Waals surface area contributed by atoms with E-state index in [9.17, 15) is 9.59 Å². The lowest BCUT2D eigenvalue weighted by molar-refractivity contribution is -0.125. The minimum Gasteiger partial charge on any atom is -0.369 e. The molecule has 0 aromatic carbocycles. The highest BCUT2D eigenvalue weighted by molar-refractivity contribution is 5.82. The molecule has 0 bridgehead atoms. The molecule has 0 spiro atoms. The third kappa shape index (κ3) is 2.97. The molecule has 1 unspecified atom stereocenters. The van der Waals surface area contributed by atoms with Crippen molar-refractivity contribution in [2.24, 2.45) is 5.73 Å². The highest BCUT2D eigenvalue weighted by Gasteiger charge is 2.24. The average molecular weight is 200 g/mol. The minimum absolute atomic E-state index is 0.0563. The van der Waals surface area contributed by atoms with Crippen LogP contribution in [0.1, 0.15) is 0 Å². The number of primary amides is 1. The summed E-state index contributed by atoms with van der Waals surface area (Å²) in [5, 5.41) is 5.63. The largest absolute Gasteiger partial charge is 0.369 e. The zero-order valence-corrected chi connectivity index (χ0v) is 8.25. The molecule has 80 valence electrons. The van der Waals surface area contributed by atoms with Crippen molar-refractivity contribution in [2.75, 3.05) is 33.2 Å². The lowest BCUT2D eigenvalue weighted by atomic mass is 10.2. The molecule has 0 saturated carbocycles. The molecule has 0 aromatic rings. The number of carbonyl (C=O) groups excluding carboxylic acids is 2. The molecule has 1 rings (SSSR count). The predicted octanol–water partition coefficient (Wildman–Crippen LogP) is -2.51. The van der Waals surface area contributed by atoms with E-state index in [1.54, 1.807) is 7.05 Å². The molecule has 2 amide bonds. The molecule has 0 radical (unpaired) electrons. The number of hydrogen-bond acceptors (Lipinski definition) is 4. The first-order valence-corrected chi connectivity index (χ1v) is 4.59. The van der Waals surface area contributed by atoms with Crippen LogP contribution in [0.15, 0.2) is 0 Å². The van der Waals surface area contributed by atoms with Crippen molar-refractivity contribution in [1.82, 2.24) is 15.5 Å². The van der Waals surface area contributed by atoms with Crippen LogP contribution in [-0.4, -0.2) is 56.0 Å². The highest BCUT2D eigenvalue weighted by Crippen LogP contribution is 1.98. The van der Waals surface area contributed by atoms with Gasteiger partial charge in [-0.25, -0.2) is 0 Å². The van der Waals surface area contributed by atoms with Gasteiger partial charge in [0.2, 0.25) is 11.8 Å². The van der Waals surface area contributed by atoms with Gasteiger partial charge < -0.3 is 16.4 Å². The first-order chi connectivity index (χ1) is 6.63. The summed E-state index contributed by atoms with van der Waals surface area (Å²) in [7, 11) is 1.59. The van der Waals surface area contributed by atoms with Crippen LogP contribution in [0.2, 0.25) is 0 Å². The maximum atomic E-state index is 11.3. The number of piperazine rings is 1. The maximum absolute atomic E-state index is 11.3. The second kappa shape index (κ2) is 4.92. The number of nitrogens with one attached hydrogen (secondary N) is 2. The molecular weight excluding hydrogens is 184 g/mol. The molecule has 1 aliphatic heterocycles. The maximum Gasteiger partial charge on any atom is 0.238 e. The van der Waals surface area contributed by atoms with Crippen molar-refractivity contribution < 1.29 is 9.59 Å². The zero-order valence-electron chi connectivity index (χ0n) is 8.25. The summed E-state index contributed by atoms with van der Waals surface area (Å²) < 4.78 is 0. The summed E-state index contributed by atoms with van der Waals surface area (Å²) in [5.41, 5.74) is 5.08. The standard InChI is InChI=1S/C8H16N4O2/c1-10-8(14)6-4-12(3-2-11-6)5-7(9)13/h6,11H,2-5H2,1H3,(H2,9,13)(H,10,14). The van der Waals surface area contributed by atoms with Crippen LogP contribution in [0.5, 0.6) is 0 Å². The topological polar surface area (TPSA) is 87.5 Å². The Balaban J connectivity index is 2.43. The lowest BCUT2D eigenvalue weighted by Gasteiger charge is -2.31. The van der Waals surface area contributed by atoms with Crippen LogP contribution in [0, 0.1) is 0 Å². The van der Waals surface area contributed by atoms with Crippen LogP contribution < -0.4 is 16.4 Å². The Labute approximate surface area is 82.8 Å². The van der Waals surface area contributed by atoms with Gasteiger partial charge in [-0.3, -0.25) is 14.5 Å². The Bertz CT molecular complexity index is 231. The molecule has 0 aliphatic carbocycles. The van der Waals surface area contributed by atoms with Gasteiger partial charge in [0.15, 0.2) is 0 Å². The monoisotopic (exact) mass is 200 g/mol. The second-order valence-electron chi connectivity index (χ2n) is 3.32. The van der Waals surface area contributed by atoms with Crippen LogP contribution in [0.25, 0.3) is 0 Å². The van der Waals surface area contributed by atoms with Crippen molar-refractivity contribution in [2.45, 2.75) is 6.04 Å². The number of amides is 2. The minimum atomic E-state index is -0.359. The van der Waals surface area contributed by atoms with Gasteiger partial charge in [-0.05, 0) is 0 Å². The highest BCUT2D eigenvalue weighted by atomic mass is 16.2. The predicted molar refractivity (Wildman–Crippen MR) is 51.5 cm³/mol. The quantitative estimate of drug-likeness (QED) is 0.469. The molecule has 1 saturated heterocycles. The lowest BCUT2D eigenvalue weighted by Crippen LogP contribution is -2.57. The van der Waals surface area contributed by atoms with Crippen LogP contribution in [-0.2, 0) is 9.59 Å². The molecule has 1 heterocycles. The second-order valence-corrected chi connectivity index (χ2v) is 3.32. The van der Waals surface area contributed by atoms with E-state index in [0.717, 1.165) is 6.54 Å². The number of likely N-dealkylation sites (N-methyl/N-ethyl adjacent to an activating group) is 1. The van der Waals surface area contributed by atoms with Gasteiger partial charge in [-0.1, -0.05) is 0 Å². The van der Waals surface area contributed by atoms with Crippen molar-refractivity contribution in [3.63, 3.8) is 0 Å². The first kappa shape index (κ1) is 10.9. The van der Waals surface area contributed by atoms with E-state index in [2.05, 4.69) is 10.6 Å². The molecule has 6 heteroatoms. The third-order valence-electron chi connectivity index (χ3n) is 2.20. The van der Waals surface area contributed by atoms with Gasteiger partial charge in [0.1, 0.15) is 0 Å². The third-order valence-corrected chi connectivity index (χ3v) is 2.20. The van der Waals surface area contributed by atoms with Gasteiger partial charge in [-0.2, -0.15) is 0 Å². The van der Waals surface area contributed by atoms with Crippen LogP contribution >= 0.6 is 0 Å². The van der Waals surface area contributed by atoms with Gasteiger partial charge in [0.05, 0.1) is 12.6 Å². The van der Waals surface area contributed by atoms with E-state index >= 15 is 0 Å². The van der Waals surface area contributed by atoms with Crippen molar-refractivity contribution in [3.8, 4) is 0 Å². The summed E-state index contributed by atoms with van der Waals surface area (Å²) in [4.78, 5) is 23.8. The van der Waals surface area contributed by atoms with E-state index in [0.29, 0.717) is 13.1 Å². The van der Waals surface area contributed by atoms with E-state index in [-0.39, 0.29) is 24.4 Å².